The summed E-state index contributed by atoms with van der Waals surface area (Å²) in [5, 5.41) is 3.21. The molecule has 2 heterocycles. The number of hydrogen-bond acceptors (Lipinski definition) is 5. The quantitative estimate of drug-likeness (QED) is 0.811. The first-order chi connectivity index (χ1) is 9.81. The van der Waals surface area contributed by atoms with Gasteiger partial charge in [-0.3, -0.25) is 0 Å². The van der Waals surface area contributed by atoms with Crippen molar-refractivity contribution in [2.75, 3.05) is 25.1 Å². The Labute approximate surface area is 119 Å². The smallest absolute Gasteiger partial charge is 0.341 e. The molecule has 1 N–H and O–H groups in total. The zero-order chi connectivity index (χ0) is 14.2. The number of carbonyl (C=O) groups is 1. The number of nitrogens with one attached hydrogen (secondary N) is 1. The van der Waals surface area contributed by atoms with Crippen molar-refractivity contribution in [2.24, 2.45) is 0 Å². The summed E-state index contributed by atoms with van der Waals surface area (Å²) in [6, 6.07) is 3.46. The van der Waals surface area contributed by atoms with E-state index in [4.69, 9.17) is 9.47 Å². The lowest BCUT2D eigenvalue weighted by atomic mass is 10.1. The second kappa shape index (κ2) is 7.85. The number of anilines is 1. The number of ether oxygens (including phenoxy) is 2. The van der Waals surface area contributed by atoms with E-state index in [-0.39, 0.29) is 5.97 Å². The van der Waals surface area contributed by atoms with Crippen LogP contribution in [0.15, 0.2) is 18.3 Å². The highest BCUT2D eigenvalue weighted by atomic mass is 16.5. The highest BCUT2D eigenvalue weighted by molar-refractivity contribution is 5.94. The van der Waals surface area contributed by atoms with Gasteiger partial charge in [0, 0.05) is 19.3 Å². The Balaban J connectivity index is 1.86. The second-order valence-corrected chi connectivity index (χ2v) is 4.82. The molecule has 0 aromatic carbocycles. The number of esters is 1. The Morgan fingerprint density at radius 2 is 2.45 bits per heavy atom. The van der Waals surface area contributed by atoms with E-state index >= 15 is 0 Å². The Morgan fingerprint density at radius 1 is 1.55 bits per heavy atom. The van der Waals surface area contributed by atoms with E-state index in [0.29, 0.717) is 24.1 Å². The van der Waals surface area contributed by atoms with Crippen LogP contribution in [0.2, 0.25) is 0 Å². The molecule has 0 spiro atoms. The van der Waals surface area contributed by atoms with Crippen molar-refractivity contribution in [2.45, 2.75) is 38.7 Å². The predicted octanol–water partition coefficient (Wildman–Crippen LogP) is 2.63. The summed E-state index contributed by atoms with van der Waals surface area (Å²) < 4.78 is 10.7. The van der Waals surface area contributed by atoms with Gasteiger partial charge in [-0.25, -0.2) is 9.78 Å². The molecule has 5 heteroatoms. The summed E-state index contributed by atoms with van der Waals surface area (Å²) >= 11 is 0. The van der Waals surface area contributed by atoms with E-state index in [1.165, 1.54) is 6.42 Å². The lowest BCUT2D eigenvalue weighted by molar-refractivity contribution is 0.0134. The van der Waals surface area contributed by atoms with Gasteiger partial charge in [-0.05, 0) is 44.7 Å². The molecule has 1 unspecified atom stereocenters. The number of rotatable bonds is 6. The zero-order valence-corrected chi connectivity index (χ0v) is 11.9. The number of pyridine rings is 1. The topological polar surface area (TPSA) is 60.5 Å². The first kappa shape index (κ1) is 14.8. The van der Waals surface area contributed by atoms with Gasteiger partial charge in [-0.1, -0.05) is 0 Å². The third-order valence-corrected chi connectivity index (χ3v) is 3.34. The summed E-state index contributed by atoms with van der Waals surface area (Å²) in [4.78, 5) is 16.0. The largest absolute Gasteiger partial charge is 0.462 e. The van der Waals surface area contributed by atoms with E-state index in [2.05, 4.69) is 10.3 Å². The minimum atomic E-state index is -0.336. The molecule has 1 fully saturated rings. The fourth-order valence-corrected chi connectivity index (χ4v) is 2.31. The normalized spacial score (nSPS) is 18.6. The average molecular weight is 278 g/mol. The van der Waals surface area contributed by atoms with E-state index in [1.807, 2.05) is 0 Å². The fourth-order valence-electron chi connectivity index (χ4n) is 2.31. The molecule has 1 atom stereocenters. The summed E-state index contributed by atoms with van der Waals surface area (Å²) in [5.41, 5.74) is 0.485. The maximum Gasteiger partial charge on any atom is 0.341 e. The van der Waals surface area contributed by atoms with Crippen LogP contribution in [0.25, 0.3) is 0 Å². The van der Waals surface area contributed by atoms with Crippen LogP contribution < -0.4 is 5.32 Å². The summed E-state index contributed by atoms with van der Waals surface area (Å²) in [6.07, 6.45) is 6.45. The fraction of sp³-hybridized carbons (Fsp3) is 0.600. The Morgan fingerprint density at radius 3 is 3.20 bits per heavy atom. The van der Waals surface area contributed by atoms with Crippen molar-refractivity contribution < 1.29 is 14.3 Å². The van der Waals surface area contributed by atoms with Gasteiger partial charge in [0.1, 0.15) is 11.4 Å². The van der Waals surface area contributed by atoms with E-state index in [1.54, 1.807) is 25.3 Å². The number of nitrogens with zero attached hydrogens (tertiary/aromatic N) is 1. The molecule has 0 amide bonds. The highest BCUT2D eigenvalue weighted by Gasteiger charge is 2.15. The van der Waals surface area contributed by atoms with Crippen molar-refractivity contribution in [3.05, 3.63) is 23.9 Å². The maximum absolute atomic E-state index is 11.8. The van der Waals surface area contributed by atoms with Crippen molar-refractivity contribution in [3.8, 4) is 0 Å². The summed E-state index contributed by atoms with van der Waals surface area (Å²) in [6.45, 7) is 3.77. The first-order valence-electron chi connectivity index (χ1n) is 7.29. The Kier molecular flexibility index (Phi) is 5.80. The molecule has 1 aliphatic heterocycles. The Hall–Kier alpha value is -1.62. The van der Waals surface area contributed by atoms with Crippen molar-refractivity contribution in [1.29, 1.82) is 0 Å². The summed E-state index contributed by atoms with van der Waals surface area (Å²) in [5.74, 6) is 0.249. The third kappa shape index (κ3) is 4.20. The van der Waals surface area contributed by atoms with Crippen LogP contribution in [0, 0.1) is 0 Å². The summed E-state index contributed by atoms with van der Waals surface area (Å²) in [7, 11) is 0. The third-order valence-electron chi connectivity index (χ3n) is 3.34. The molecule has 2 rings (SSSR count). The minimum Gasteiger partial charge on any atom is -0.462 e. The lowest BCUT2D eigenvalue weighted by Crippen LogP contribution is -2.22. The minimum absolute atomic E-state index is 0.325. The van der Waals surface area contributed by atoms with Gasteiger partial charge in [0.05, 0.1) is 12.7 Å². The van der Waals surface area contributed by atoms with Gasteiger partial charge < -0.3 is 14.8 Å². The number of aromatic nitrogens is 1. The van der Waals surface area contributed by atoms with E-state index < -0.39 is 0 Å². The zero-order valence-electron chi connectivity index (χ0n) is 11.9. The van der Waals surface area contributed by atoms with Crippen molar-refractivity contribution in [3.63, 3.8) is 0 Å². The SMILES string of the molecule is CCOC(=O)c1cccnc1NCCC1CCCCO1. The molecule has 1 aliphatic rings. The molecule has 20 heavy (non-hydrogen) atoms. The molecule has 1 aromatic rings. The molecule has 0 aliphatic carbocycles. The Bertz CT molecular complexity index is 431. The van der Waals surface area contributed by atoms with Crippen molar-refractivity contribution in [1.82, 2.24) is 4.98 Å². The van der Waals surface area contributed by atoms with E-state index in [9.17, 15) is 4.79 Å². The standard InChI is InChI=1S/C15H22N2O3/c1-2-19-15(18)13-7-5-9-16-14(13)17-10-8-12-6-3-4-11-20-12/h5,7,9,12H,2-4,6,8,10-11H2,1H3,(H,16,17). The van der Waals surface area contributed by atoms with Crippen LogP contribution in [0.5, 0.6) is 0 Å². The van der Waals surface area contributed by atoms with Crippen LogP contribution in [-0.2, 0) is 9.47 Å². The van der Waals surface area contributed by atoms with Gasteiger partial charge in [0.15, 0.2) is 0 Å². The monoisotopic (exact) mass is 278 g/mol. The molecule has 0 bridgehead atoms. The molecular formula is C15H22N2O3. The molecule has 1 saturated heterocycles. The van der Waals surface area contributed by atoms with Crippen molar-refractivity contribution >= 4 is 11.8 Å². The number of carbonyl (C=O) groups excluding carboxylic acids is 1. The first-order valence-corrected chi connectivity index (χ1v) is 7.29. The lowest BCUT2D eigenvalue weighted by Gasteiger charge is -2.22. The van der Waals surface area contributed by atoms with Crippen LogP contribution in [-0.4, -0.2) is 36.8 Å². The van der Waals surface area contributed by atoms with E-state index in [0.717, 1.165) is 32.4 Å². The van der Waals surface area contributed by atoms with Crippen LogP contribution in [0.4, 0.5) is 5.82 Å². The van der Waals surface area contributed by atoms with Gasteiger partial charge in [-0.15, -0.1) is 0 Å². The molecule has 5 nitrogen and oxygen atoms in total. The molecular weight excluding hydrogens is 256 g/mol. The van der Waals surface area contributed by atoms with Crippen LogP contribution in [0.3, 0.4) is 0 Å². The number of hydrogen-bond donors (Lipinski definition) is 1. The van der Waals surface area contributed by atoms with Gasteiger partial charge in [-0.2, -0.15) is 0 Å². The highest BCUT2D eigenvalue weighted by Crippen LogP contribution is 2.17. The predicted molar refractivity (Wildman–Crippen MR) is 76.9 cm³/mol. The average Bonchev–Trinajstić information content (AvgIpc) is 2.49. The van der Waals surface area contributed by atoms with Crippen LogP contribution >= 0.6 is 0 Å². The molecule has 1 aromatic heterocycles. The maximum atomic E-state index is 11.8. The molecule has 0 radical (unpaired) electrons. The molecule has 0 saturated carbocycles. The molecule has 110 valence electrons. The second-order valence-electron chi connectivity index (χ2n) is 4.82. The van der Waals surface area contributed by atoms with Crippen LogP contribution in [0.1, 0.15) is 43.0 Å². The van der Waals surface area contributed by atoms with Gasteiger partial charge in [0.25, 0.3) is 0 Å². The van der Waals surface area contributed by atoms with Gasteiger partial charge >= 0.3 is 5.97 Å². The van der Waals surface area contributed by atoms with Gasteiger partial charge in [0.2, 0.25) is 0 Å².